The Hall–Kier alpha value is -2.72. The fourth-order valence-electron chi connectivity index (χ4n) is 3.20. The minimum Gasteiger partial charge on any atom is -0.338 e. The fraction of sp³-hybridized carbons (Fsp3) is 0.533. The predicted molar refractivity (Wildman–Crippen MR) is 83.3 cm³/mol. The molecule has 26 heavy (non-hydrogen) atoms. The molecule has 11 heteroatoms. The summed E-state index contributed by atoms with van der Waals surface area (Å²) in [6, 6.07) is 0.254. The Balaban J connectivity index is 1.82. The SMILES string of the molecule is CC1(C(F)(F)F)CC(c2cnn(C3CCC3)c2)=C(c2nn[nH]n2)C(=O)N1. The molecule has 0 spiro atoms. The molecular formula is C15H16F3N7O. The van der Waals surface area contributed by atoms with Crippen molar-refractivity contribution in [3.63, 3.8) is 0 Å². The van der Waals surface area contributed by atoms with Crippen LogP contribution in [0.5, 0.6) is 0 Å². The summed E-state index contributed by atoms with van der Waals surface area (Å²) in [6.45, 7) is 0.967. The van der Waals surface area contributed by atoms with Gasteiger partial charge in [-0.3, -0.25) is 9.48 Å². The second-order valence-corrected chi connectivity index (χ2v) is 6.84. The van der Waals surface area contributed by atoms with Crippen LogP contribution in [-0.4, -0.2) is 48.0 Å². The number of nitrogens with one attached hydrogen (secondary N) is 2. The molecule has 8 nitrogen and oxygen atoms in total. The molecule has 2 aromatic heterocycles. The van der Waals surface area contributed by atoms with E-state index in [9.17, 15) is 18.0 Å². The van der Waals surface area contributed by atoms with Gasteiger partial charge in [-0.05, 0) is 37.0 Å². The zero-order chi connectivity index (χ0) is 18.5. The lowest BCUT2D eigenvalue weighted by atomic mass is 9.82. The Morgan fingerprint density at radius 1 is 1.35 bits per heavy atom. The van der Waals surface area contributed by atoms with Crippen LogP contribution in [0.3, 0.4) is 0 Å². The quantitative estimate of drug-likeness (QED) is 0.862. The molecule has 1 atom stereocenters. The molecule has 2 aliphatic rings. The van der Waals surface area contributed by atoms with E-state index in [1.165, 1.54) is 6.20 Å². The lowest BCUT2D eigenvalue weighted by Gasteiger charge is -2.37. The van der Waals surface area contributed by atoms with Gasteiger partial charge in [-0.25, -0.2) is 0 Å². The van der Waals surface area contributed by atoms with Crippen LogP contribution < -0.4 is 5.32 Å². The van der Waals surface area contributed by atoms with Crippen LogP contribution in [0.2, 0.25) is 0 Å². The molecule has 1 aliphatic carbocycles. The number of tetrazole rings is 1. The molecule has 138 valence electrons. The highest BCUT2D eigenvalue weighted by atomic mass is 19.4. The molecule has 3 heterocycles. The molecule has 1 fully saturated rings. The van der Waals surface area contributed by atoms with Crippen LogP contribution in [0.25, 0.3) is 11.1 Å². The van der Waals surface area contributed by atoms with Gasteiger partial charge in [0.15, 0.2) is 0 Å². The van der Waals surface area contributed by atoms with Crippen molar-refractivity contribution in [3.05, 3.63) is 23.8 Å². The highest BCUT2D eigenvalue weighted by Gasteiger charge is 2.55. The fourth-order valence-corrected chi connectivity index (χ4v) is 3.20. The van der Waals surface area contributed by atoms with Crippen LogP contribution in [-0.2, 0) is 4.79 Å². The molecule has 2 aromatic rings. The molecule has 2 N–H and O–H groups in total. The third-order valence-electron chi connectivity index (χ3n) is 5.04. The van der Waals surface area contributed by atoms with Crippen LogP contribution in [0.4, 0.5) is 13.2 Å². The first-order valence-electron chi connectivity index (χ1n) is 8.19. The smallest absolute Gasteiger partial charge is 0.338 e. The largest absolute Gasteiger partial charge is 0.411 e. The highest BCUT2D eigenvalue weighted by molar-refractivity contribution is 6.27. The molecule has 0 bridgehead atoms. The zero-order valence-electron chi connectivity index (χ0n) is 13.8. The van der Waals surface area contributed by atoms with Crippen LogP contribution >= 0.6 is 0 Å². The maximum atomic E-state index is 13.5. The second-order valence-electron chi connectivity index (χ2n) is 6.84. The number of aromatic amines is 1. The van der Waals surface area contributed by atoms with E-state index in [0.717, 1.165) is 26.2 Å². The van der Waals surface area contributed by atoms with E-state index in [0.29, 0.717) is 5.56 Å². The Kier molecular flexibility index (Phi) is 3.63. The van der Waals surface area contributed by atoms with E-state index in [1.54, 1.807) is 10.9 Å². The van der Waals surface area contributed by atoms with Crippen LogP contribution in [0, 0.1) is 0 Å². The molecular weight excluding hydrogens is 351 g/mol. The number of alkyl halides is 3. The summed E-state index contributed by atoms with van der Waals surface area (Å²) < 4.78 is 42.4. The third-order valence-corrected chi connectivity index (χ3v) is 5.04. The first-order valence-corrected chi connectivity index (χ1v) is 8.19. The number of carbonyl (C=O) groups is 1. The van der Waals surface area contributed by atoms with Gasteiger partial charge in [-0.2, -0.15) is 23.5 Å². The summed E-state index contributed by atoms with van der Waals surface area (Å²) in [5.74, 6) is -0.929. The number of carbonyl (C=O) groups excluding carboxylic acids is 1. The summed E-state index contributed by atoms with van der Waals surface area (Å²) in [6.07, 6.45) is 1.20. The molecule has 0 saturated heterocycles. The number of rotatable bonds is 3. The van der Waals surface area contributed by atoms with Crippen molar-refractivity contribution in [2.75, 3.05) is 0 Å². The number of H-pyrrole nitrogens is 1. The third kappa shape index (κ3) is 2.58. The molecule has 1 unspecified atom stereocenters. The van der Waals surface area contributed by atoms with Crippen molar-refractivity contribution < 1.29 is 18.0 Å². The molecule has 4 rings (SSSR count). The summed E-state index contributed by atoms with van der Waals surface area (Å²) in [4.78, 5) is 12.5. The summed E-state index contributed by atoms with van der Waals surface area (Å²) in [5, 5.41) is 19.5. The summed E-state index contributed by atoms with van der Waals surface area (Å²) in [7, 11) is 0. The maximum Gasteiger partial charge on any atom is 0.411 e. The second kappa shape index (κ2) is 5.64. The van der Waals surface area contributed by atoms with Crippen molar-refractivity contribution in [2.24, 2.45) is 0 Å². The number of hydrogen-bond donors (Lipinski definition) is 2. The number of halogens is 3. The van der Waals surface area contributed by atoms with E-state index >= 15 is 0 Å². The lowest BCUT2D eigenvalue weighted by molar-refractivity contribution is -0.191. The minimum atomic E-state index is -4.61. The van der Waals surface area contributed by atoms with Crippen molar-refractivity contribution in [1.82, 2.24) is 35.7 Å². The molecule has 1 aliphatic heterocycles. The van der Waals surface area contributed by atoms with Gasteiger partial charge in [0.2, 0.25) is 5.82 Å². The zero-order valence-corrected chi connectivity index (χ0v) is 13.8. The monoisotopic (exact) mass is 367 g/mol. The van der Waals surface area contributed by atoms with Crippen molar-refractivity contribution in [3.8, 4) is 0 Å². The van der Waals surface area contributed by atoms with E-state index in [-0.39, 0.29) is 23.0 Å². The Bertz CT molecular complexity index is 866. The van der Waals surface area contributed by atoms with Crippen LogP contribution in [0.15, 0.2) is 12.4 Å². The van der Waals surface area contributed by atoms with Crippen molar-refractivity contribution in [2.45, 2.75) is 50.4 Å². The normalized spacial score (nSPS) is 24.5. The standard InChI is InChI=1S/C15H16F3N7O/c1-14(15(16,17)18)5-10(8-6-19-25(7-8)9-3-2-4-9)11(13(26)20-14)12-21-23-24-22-12/h6-7,9H,2-5H2,1H3,(H,20,26)(H,21,22,23,24). The van der Waals surface area contributed by atoms with Gasteiger partial charge in [0.05, 0.1) is 17.8 Å². The molecule has 1 saturated carbocycles. The minimum absolute atomic E-state index is 0.0198. The van der Waals surface area contributed by atoms with E-state index in [4.69, 9.17) is 0 Å². The number of amides is 1. The van der Waals surface area contributed by atoms with Gasteiger partial charge >= 0.3 is 6.18 Å². The van der Waals surface area contributed by atoms with E-state index in [2.05, 4.69) is 31.0 Å². The highest BCUT2D eigenvalue weighted by Crippen LogP contribution is 2.43. The van der Waals surface area contributed by atoms with Gasteiger partial charge < -0.3 is 5.32 Å². The van der Waals surface area contributed by atoms with Gasteiger partial charge in [0.25, 0.3) is 5.91 Å². The number of nitrogens with zero attached hydrogens (tertiary/aromatic N) is 5. The van der Waals surface area contributed by atoms with Crippen molar-refractivity contribution in [1.29, 1.82) is 0 Å². The van der Waals surface area contributed by atoms with Crippen molar-refractivity contribution >= 4 is 17.1 Å². The van der Waals surface area contributed by atoms with Gasteiger partial charge in [0.1, 0.15) is 5.54 Å². The lowest BCUT2D eigenvalue weighted by Crippen LogP contribution is -2.59. The average molecular weight is 367 g/mol. The van der Waals surface area contributed by atoms with E-state index < -0.39 is 24.0 Å². The Morgan fingerprint density at radius 2 is 2.12 bits per heavy atom. The Labute approximate surface area is 145 Å². The number of hydrogen-bond acceptors (Lipinski definition) is 5. The average Bonchev–Trinajstić information content (AvgIpc) is 3.15. The molecule has 0 aromatic carbocycles. The molecule has 0 radical (unpaired) electrons. The van der Waals surface area contributed by atoms with E-state index in [1.807, 2.05) is 0 Å². The maximum absolute atomic E-state index is 13.5. The summed E-state index contributed by atoms with van der Waals surface area (Å²) in [5.41, 5.74) is -1.73. The predicted octanol–water partition coefficient (Wildman–Crippen LogP) is 1.87. The van der Waals surface area contributed by atoms with Gasteiger partial charge in [-0.15, -0.1) is 10.2 Å². The van der Waals surface area contributed by atoms with Gasteiger partial charge in [0, 0.05) is 18.2 Å². The van der Waals surface area contributed by atoms with Crippen LogP contribution in [0.1, 0.15) is 50.0 Å². The van der Waals surface area contributed by atoms with Gasteiger partial charge in [-0.1, -0.05) is 0 Å². The first-order chi connectivity index (χ1) is 12.3. The first kappa shape index (κ1) is 16.7. The number of aromatic nitrogens is 6. The topological polar surface area (TPSA) is 101 Å². The Morgan fingerprint density at radius 3 is 2.69 bits per heavy atom. The molecule has 1 amide bonds. The summed E-state index contributed by atoms with van der Waals surface area (Å²) >= 11 is 0.